The number of hydrogen-bond acceptors (Lipinski definition) is 3. The number of rotatable bonds is 5. The Morgan fingerprint density at radius 2 is 1.88 bits per heavy atom. The number of nitrogens with zero attached hydrogens (tertiary/aromatic N) is 1. The maximum atomic E-state index is 12.4. The van der Waals surface area contributed by atoms with Gasteiger partial charge in [-0.15, -0.1) is 0 Å². The summed E-state index contributed by atoms with van der Waals surface area (Å²) in [6.45, 7) is 5.14. The van der Waals surface area contributed by atoms with Crippen molar-refractivity contribution in [2.75, 3.05) is 23.4 Å². The maximum absolute atomic E-state index is 12.4. The minimum absolute atomic E-state index is 0.154. The van der Waals surface area contributed by atoms with Crippen LogP contribution in [0.5, 0.6) is 5.75 Å². The number of benzene rings is 2. The molecule has 1 aliphatic heterocycles. The second kappa shape index (κ2) is 7.38. The molecule has 5 nitrogen and oxygen atoms in total. The van der Waals surface area contributed by atoms with Crippen molar-refractivity contribution in [3.63, 3.8) is 0 Å². The second-order valence-corrected chi connectivity index (χ2v) is 5.89. The summed E-state index contributed by atoms with van der Waals surface area (Å²) < 4.78 is 5.39. The number of ether oxygens (including phenoxy) is 1. The standard InChI is InChI=1S/C20H22N2O3/c1-3-22-18-11-8-16(13-15(18)7-12-19(22)23)21-20(24)14-5-9-17(10-6-14)25-4-2/h5-6,8-11,13H,3-4,7,12H2,1-2H3,(H,21,24). The van der Waals surface area contributed by atoms with Crippen LogP contribution in [-0.4, -0.2) is 25.0 Å². The van der Waals surface area contributed by atoms with Crippen LogP contribution in [0.2, 0.25) is 0 Å². The Hall–Kier alpha value is -2.82. The molecule has 3 rings (SSSR count). The van der Waals surface area contributed by atoms with Gasteiger partial charge in [-0.3, -0.25) is 9.59 Å². The number of carbonyl (C=O) groups excluding carboxylic acids is 2. The van der Waals surface area contributed by atoms with Crippen LogP contribution in [0.15, 0.2) is 42.5 Å². The Kier molecular flexibility index (Phi) is 5.03. The van der Waals surface area contributed by atoms with E-state index in [-0.39, 0.29) is 11.8 Å². The SMILES string of the molecule is CCOc1ccc(C(=O)Nc2ccc3c(c2)CCC(=O)N3CC)cc1. The topological polar surface area (TPSA) is 58.6 Å². The molecule has 0 fully saturated rings. The average molecular weight is 338 g/mol. The lowest BCUT2D eigenvalue weighted by Crippen LogP contribution is -2.34. The summed E-state index contributed by atoms with van der Waals surface area (Å²) in [6.07, 6.45) is 1.22. The predicted molar refractivity (Wildman–Crippen MR) is 98.4 cm³/mol. The predicted octanol–water partition coefficient (Wildman–Crippen LogP) is 3.64. The van der Waals surface area contributed by atoms with Crippen LogP contribution in [0, 0.1) is 0 Å². The minimum atomic E-state index is -0.165. The molecule has 0 radical (unpaired) electrons. The first-order chi connectivity index (χ1) is 12.1. The van der Waals surface area contributed by atoms with Gasteiger partial charge in [-0.2, -0.15) is 0 Å². The van der Waals surface area contributed by atoms with Gasteiger partial charge in [0.05, 0.1) is 6.61 Å². The number of aryl methyl sites for hydroxylation is 1. The van der Waals surface area contributed by atoms with Crippen LogP contribution in [0.3, 0.4) is 0 Å². The van der Waals surface area contributed by atoms with Crippen LogP contribution >= 0.6 is 0 Å². The molecule has 0 saturated heterocycles. The van der Waals surface area contributed by atoms with Gasteiger partial charge in [0.1, 0.15) is 5.75 Å². The summed E-state index contributed by atoms with van der Waals surface area (Å²) in [5.41, 5.74) is 3.35. The van der Waals surface area contributed by atoms with Gasteiger partial charge in [0.25, 0.3) is 5.91 Å². The Morgan fingerprint density at radius 1 is 1.12 bits per heavy atom. The fraction of sp³-hybridized carbons (Fsp3) is 0.300. The lowest BCUT2D eigenvalue weighted by molar-refractivity contribution is -0.118. The highest BCUT2D eigenvalue weighted by molar-refractivity contribution is 6.05. The van der Waals surface area contributed by atoms with Crippen molar-refractivity contribution in [2.24, 2.45) is 0 Å². The number of hydrogen-bond donors (Lipinski definition) is 1. The third-order valence-corrected chi connectivity index (χ3v) is 4.28. The van der Waals surface area contributed by atoms with Crippen molar-refractivity contribution < 1.29 is 14.3 Å². The van der Waals surface area contributed by atoms with Gasteiger partial charge in [0, 0.05) is 29.9 Å². The summed E-state index contributed by atoms with van der Waals surface area (Å²) in [7, 11) is 0. The first-order valence-electron chi connectivity index (χ1n) is 8.60. The summed E-state index contributed by atoms with van der Waals surface area (Å²) in [6, 6.07) is 12.8. The Labute approximate surface area is 147 Å². The molecule has 25 heavy (non-hydrogen) atoms. The monoisotopic (exact) mass is 338 g/mol. The number of anilines is 2. The summed E-state index contributed by atoms with van der Waals surface area (Å²) in [5, 5.41) is 2.92. The van der Waals surface area contributed by atoms with Gasteiger partial charge in [-0.1, -0.05) is 0 Å². The van der Waals surface area contributed by atoms with Crippen LogP contribution < -0.4 is 15.0 Å². The molecule has 0 saturated carbocycles. The zero-order valence-corrected chi connectivity index (χ0v) is 14.5. The minimum Gasteiger partial charge on any atom is -0.494 e. The van der Waals surface area contributed by atoms with Gasteiger partial charge in [-0.25, -0.2) is 0 Å². The molecule has 2 amide bonds. The van der Waals surface area contributed by atoms with E-state index in [9.17, 15) is 9.59 Å². The smallest absolute Gasteiger partial charge is 0.255 e. The fourth-order valence-electron chi connectivity index (χ4n) is 3.06. The maximum Gasteiger partial charge on any atom is 0.255 e. The van der Waals surface area contributed by atoms with Crippen molar-refractivity contribution in [2.45, 2.75) is 26.7 Å². The number of fused-ring (bicyclic) bond motifs is 1. The Morgan fingerprint density at radius 3 is 2.56 bits per heavy atom. The third kappa shape index (κ3) is 3.65. The molecule has 0 aliphatic carbocycles. The molecule has 1 heterocycles. The summed E-state index contributed by atoms with van der Waals surface area (Å²) in [5.74, 6) is 0.737. The quantitative estimate of drug-likeness (QED) is 0.905. The molecule has 0 atom stereocenters. The molecule has 2 aromatic rings. The number of nitrogens with one attached hydrogen (secondary N) is 1. The molecule has 0 bridgehead atoms. The van der Waals surface area contributed by atoms with E-state index >= 15 is 0 Å². The third-order valence-electron chi connectivity index (χ3n) is 4.28. The fourth-order valence-corrected chi connectivity index (χ4v) is 3.06. The highest BCUT2D eigenvalue weighted by atomic mass is 16.5. The molecular formula is C20H22N2O3. The van der Waals surface area contributed by atoms with Crippen molar-refractivity contribution in [1.29, 1.82) is 0 Å². The highest BCUT2D eigenvalue weighted by Gasteiger charge is 2.23. The van der Waals surface area contributed by atoms with Crippen molar-refractivity contribution in [1.82, 2.24) is 0 Å². The van der Waals surface area contributed by atoms with Gasteiger partial charge in [-0.05, 0) is 68.3 Å². The lowest BCUT2D eigenvalue weighted by Gasteiger charge is -2.28. The molecule has 1 aliphatic rings. The lowest BCUT2D eigenvalue weighted by atomic mass is 10.0. The number of carbonyl (C=O) groups is 2. The highest BCUT2D eigenvalue weighted by Crippen LogP contribution is 2.30. The molecule has 0 unspecified atom stereocenters. The van der Waals surface area contributed by atoms with Crippen molar-refractivity contribution >= 4 is 23.2 Å². The molecule has 2 aromatic carbocycles. The van der Waals surface area contributed by atoms with Gasteiger partial charge < -0.3 is 15.0 Å². The van der Waals surface area contributed by atoms with Crippen molar-refractivity contribution in [3.8, 4) is 5.75 Å². The van der Waals surface area contributed by atoms with E-state index in [1.807, 2.05) is 32.0 Å². The molecule has 5 heteroatoms. The second-order valence-electron chi connectivity index (χ2n) is 5.89. The van der Waals surface area contributed by atoms with Crippen LogP contribution in [0.25, 0.3) is 0 Å². The van der Waals surface area contributed by atoms with Crippen LogP contribution in [0.1, 0.15) is 36.2 Å². The zero-order chi connectivity index (χ0) is 17.8. The van der Waals surface area contributed by atoms with Crippen molar-refractivity contribution in [3.05, 3.63) is 53.6 Å². The van der Waals surface area contributed by atoms with E-state index < -0.39 is 0 Å². The van der Waals surface area contributed by atoms with Crippen LogP contribution in [-0.2, 0) is 11.2 Å². The average Bonchev–Trinajstić information content (AvgIpc) is 2.62. The van der Waals surface area contributed by atoms with Crippen LogP contribution in [0.4, 0.5) is 11.4 Å². The molecule has 1 N–H and O–H groups in total. The van der Waals surface area contributed by atoms with E-state index in [0.29, 0.717) is 31.6 Å². The molecular weight excluding hydrogens is 316 g/mol. The largest absolute Gasteiger partial charge is 0.494 e. The summed E-state index contributed by atoms with van der Waals surface area (Å²) >= 11 is 0. The molecule has 0 aromatic heterocycles. The van der Waals surface area contributed by atoms with E-state index in [1.165, 1.54) is 0 Å². The van der Waals surface area contributed by atoms with Gasteiger partial charge >= 0.3 is 0 Å². The molecule has 130 valence electrons. The zero-order valence-electron chi connectivity index (χ0n) is 14.5. The van der Waals surface area contributed by atoms with E-state index in [0.717, 1.165) is 22.7 Å². The van der Waals surface area contributed by atoms with Gasteiger partial charge in [0.15, 0.2) is 0 Å². The first-order valence-corrected chi connectivity index (χ1v) is 8.60. The van der Waals surface area contributed by atoms with Gasteiger partial charge in [0.2, 0.25) is 5.91 Å². The molecule has 0 spiro atoms. The first kappa shape index (κ1) is 17.0. The number of amides is 2. The van der Waals surface area contributed by atoms with E-state index in [2.05, 4.69) is 5.32 Å². The van der Waals surface area contributed by atoms with E-state index in [4.69, 9.17) is 4.74 Å². The Bertz CT molecular complexity index is 784. The van der Waals surface area contributed by atoms with E-state index in [1.54, 1.807) is 29.2 Å². The Balaban J connectivity index is 1.75. The summed E-state index contributed by atoms with van der Waals surface area (Å²) in [4.78, 5) is 26.2. The normalized spacial score (nSPS) is 13.4.